The SMILES string of the molecule is Cc1cc(-c2nc(Cl)cc(-c3ccccc3)n2)ccc1Br. The molecule has 2 nitrogen and oxygen atoms in total. The van der Waals surface area contributed by atoms with Gasteiger partial charge in [0, 0.05) is 21.7 Å². The molecule has 0 unspecified atom stereocenters. The second-order valence-electron chi connectivity index (χ2n) is 4.73. The second kappa shape index (κ2) is 5.96. The van der Waals surface area contributed by atoms with Crippen LogP contribution in [0.5, 0.6) is 0 Å². The third-order valence-corrected chi connectivity index (χ3v) is 4.26. The van der Waals surface area contributed by atoms with Gasteiger partial charge < -0.3 is 0 Å². The predicted octanol–water partition coefficient (Wildman–Crippen LogP) is 5.53. The van der Waals surface area contributed by atoms with E-state index in [1.807, 2.05) is 55.5 Å². The first-order valence-corrected chi connectivity index (χ1v) is 7.67. The normalized spacial score (nSPS) is 10.6. The molecule has 0 bridgehead atoms. The lowest BCUT2D eigenvalue weighted by Gasteiger charge is -2.07. The molecule has 21 heavy (non-hydrogen) atoms. The Labute approximate surface area is 137 Å². The number of aryl methyl sites for hydroxylation is 1. The minimum absolute atomic E-state index is 0.444. The minimum atomic E-state index is 0.444. The number of nitrogens with zero attached hydrogens (tertiary/aromatic N) is 2. The van der Waals surface area contributed by atoms with Gasteiger partial charge in [0.1, 0.15) is 5.15 Å². The van der Waals surface area contributed by atoms with Crippen molar-refractivity contribution in [1.29, 1.82) is 0 Å². The van der Waals surface area contributed by atoms with Crippen molar-refractivity contribution >= 4 is 27.5 Å². The number of hydrogen-bond acceptors (Lipinski definition) is 2. The maximum atomic E-state index is 6.16. The zero-order valence-corrected chi connectivity index (χ0v) is 13.7. The zero-order chi connectivity index (χ0) is 14.8. The van der Waals surface area contributed by atoms with Gasteiger partial charge in [0.2, 0.25) is 0 Å². The van der Waals surface area contributed by atoms with Crippen LogP contribution in [0.4, 0.5) is 0 Å². The van der Waals surface area contributed by atoms with Gasteiger partial charge >= 0.3 is 0 Å². The van der Waals surface area contributed by atoms with Crippen LogP contribution in [0.2, 0.25) is 5.15 Å². The van der Waals surface area contributed by atoms with Crippen molar-refractivity contribution in [3.8, 4) is 22.6 Å². The fourth-order valence-electron chi connectivity index (χ4n) is 2.09. The largest absolute Gasteiger partial charge is 0.228 e. The van der Waals surface area contributed by atoms with Gasteiger partial charge in [-0.1, -0.05) is 63.9 Å². The van der Waals surface area contributed by atoms with Crippen molar-refractivity contribution < 1.29 is 0 Å². The molecule has 1 heterocycles. The van der Waals surface area contributed by atoms with Crippen LogP contribution < -0.4 is 0 Å². The summed E-state index contributed by atoms with van der Waals surface area (Å²) in [5.41, 5.74) is 3.94. The molecule has 0 aliphatic rings. The minimum Gasteiger partial charge on any atom is -0.228 e. The standard InChI is InChI=1S/C17H12BrClN2/c1-11-9-13(7-8-14(11)18)17-20-15(10-16(19)21-17)12-5-3-2-4-6-12/h2-10H,1H3. The van der Waals surface area contributed by atoms with E-state index in [0.29, 0.717) is 11.0 Å². The Morgan fingerprint density at radius 3 is 2.38 bits per heavy atom. The third-order valence-electron chi connectivity index (χ3n) is 3.18. The van der Waals surface area contributed by atoms with Crippen LogP contribution in [0.15, 0.2) is 59.1 Å². The van der Waals surface area contributed by atoms with Crippen molar-refractivity contribution in [3.05, 3.63) is 69.8 Å². The quantitative estimate of drug-likeness (QED) is 0.562. The summed E-state index contributed by atoms with van der Waals surface area (Å²) in [6.45, 7) is 2.04. The summed E-state index contributed by atoms with van der Waals surface area (Å²) >= 11 is 9.66. The second-order valence-corrected chi connectivity index (χ2v) is 5.97. The molecule has 0 saturated heterocycles. The molecule has 0 aliphatic carbocycles. The highest BCUT2D eigenvalue weighted by Crippen LogP contribution is 2.26. The molecule has 0 spiro atoms. The van der Waals surface area contributed by atoms with Crippen LogP contribution in [0, 0.1) is 6.92 Å². The predicted molar refractivity (Wildman–Crippen MR) is 90.4 cm³/mol. The molecule has 1 aromatic heterocycles. The molecule has 0 saturated carbocycles. The van der Waals surface area contributed by atoms with Crippen molar-refractivity contribution in [2.24, 2.45) is 0 Å². The van der Waals surface area contributed by atoms with Crippen molar-refractivity contribution in [2.75, 3.05) is 0 Å². The van der Waals surface area contributed by atoms with Crippen LogP contribution in [0.1, 0.15) is 5.56 Å². The van der Waals surface area contributed by atoms with Crippen LogP contribution in [-0.4, -0.2) is 9.97 Å². The molecule has 0 N–H and O–H groups in total. The lowest BCUT2D eigenvalue weighted by Crippen LogP contribution is -1.93. The highest BCUT2D eigenvalue weighted by atomic mass is 79.9. The number of rotatable bonds is 2. The molecule has 4 heteroatoms. The smallest absolute Gasteiger partial charge is 0.161 e. The van der Waals surface area contributed by atoms with Crippen LogP contribution in [0.25, 0.3) is 22.6 Å². The first kappa shape index (κ1) is 14.2. The Kier molecular flexibility index (Phi) is 4.04. The van der Waals surface area contributed by atoms with Crippen LogP contribution in [0.3, 0.4) is 0 Å². The van der Waals surface area contributed by atoms with Gasteiger partial charge in [0.05, 0.1) is 5.69 Å². The molecule has 0 radical (unpaired) electrons. The Morgan fingerprint density at radius 1 is 0.905 bits per heavy atom. The van der Waals surface area contributed by atoms with Crippen LogP contribution in [-0.2, 0) is 0 Å². The number of benzene rings is 2. The number of halogens is 2. The van der Waals surface area contributed by atoms with E-state index >= 15 is 0 Å². The van der Waals surface area contributed by atoms with Gasteiger partial charge in [-0.3, -0.25) is 0 Å². The van der Waals surface area contributed by atoms with Crippen molar-refractivity contribution in [2.45, 2.75) is 6.92 Å². The average molecular weight is 360 g/mol. The highest BCUT2D eigenvalue weighted by Gasteiger charge is 2.08. The van der Waals surface area contributed by atoms with Gasteiger partial charge in [0.15, 0.2) is 5.82 Å². The molecule has 2 aromatic carbocycles. The van der Waals surface area contributed by atoms with E-state index in [2.05, 4.69) is 25.9 Å². The molecule has 0 atom stereocenters. The Balaban J connectivity index is 2.11. The Hall–Kier alpha value is -1.71. The van der Waals surface area contributed by atoms with E-state index in [-0.39, 0.29) is 0 Å². The lowest BCUT2D eigenvalue weighted by atomic mass is 10.1. The molecule has 0 fully saturated rings. The Bertz CT molecular complexity index is 788. The van der Waals surface area contributed by atoms with Gasteiger partial charge in [-0.15, -0.1) is 0 Å². The molecule has 104 valence electrons. The van der Waals surface area contributed by atoms with Crippen molar-refractivity contribution in [1.82, 2.24) is 9.97 Å². The average Bonchev–Trinajstić information content (AvgIpc) is 2.50. The van der Waals surface area contributed by atoms with Gasteiger partial charge in [-0.2, -0.15) is 0 Å². The monoisotopic (exact) mass is 358 g/mol. The van der Waals surface area contributed by atoms with E-state index < -0.39 is 0 Å². The summed E-state index contributed by atoms with van der Waals surface area (Å²) in [4.78, 5) is 8.97. The number of hydrogen-bond donors (Lipinski definition) is 0. The topological polar surface area (TPSA) is 25.8 Å². The van der Waals surface area contributed by atoms with Crippen molar-refractivity contribution in [3.63, 3.8) is 0 Å². The molecular formula is C17H12BrClN2. The van der Waals surface area contributed by atoms with Gasteiger partial charge in [0.25, 0.3) is 0 Å². The maximum Gasteiger partial charge on any atom is 0.161 e. The van der Waals surface area contributed by atoms with E-state index in [4.69, 9.17) is 11.6 Å². The highest BCUT2D eigenvalue weighted by molar-refractivity contribution is 9.10. The van der Waals surface area contributed by atoms with E-state index in [9.17, 15) is 0 Å². The van der Waals surface area contributed by atoms with Gasteiger partial charge in [-0.05, 0) is 24.6 Å². The summed E-state index contributed by atoms with van der Waals surface area (Å²) in [5.74, 6) is 0.636. The lowest BCUT2D eigenvalue weighted by molar-refractivity contribution is 1.18. The summed E-state index contributed by atoms with van der Waals surface area (Å²) < 4.78 is 1.07. The summed E-state index contributed by atoms with van der Waals surface area (Å²) in [6, 6.07) is 17.8. The fraction of sp³-hybridized carbons (Fsp3) is 0.0588. The van der Waals surface area contributed by atoms with Crippen LogP contribution >= 0.6 is 27.5 Å². The van der Waals surface area contributed by atoms with E-state index in [1.165, 1.54) is 0 Å². The fourth-order valence-corrected chi connectivity index (χ4v) is 2.52. The zero-order valence-electron chi connectivity index (χ0n) is 11.3. The number of aromatic nitrogens is 2. The Morgan fingerprint density at radius 2 is 1.67 bits per heavy atom. The summed E-state index contributed by atoms with van der Waals surface area (Å²) in [6.07, 6.45) is 0. The molecule has 3 aromatic rings. The summed E-state index contributed by atoms with van der Waals surface area (Å²) in [7, 11) is 0. The van der Waals surface area contributed by atoms with E-state index in [0.717, 1.165) is 26.9 Å². The first-order valence-electron chi connectivity index (χ1n) is 6.50. The molecule has 0 aliphatic heterocycles. The molecule has 3 rings (SSSR count). The molecule has 0 amide bonds. The summed E-state index contributed by atoms with van der Waals surface area (Å²) in [5, 5.41) is 0.444. The maximum absolute atomic E-state index is 6.16. The first-order chi connectivity index (χ1) is 10.1. The van der Waals surface area contributed by atoms with Gasteiger partial charge in [-0.25, -0.2) is 9.97 Å². The molecular weight excluding hydrogens is 348 g/mol. The van der Waals surface area contributed by atoms with E-state index in [1.54, 1.807) is 6.07 Å². The third kappa shape index (κ3) is 3.14.